The van der Waals surface area contributed by atoms with Crippen LogP contribution in [0.1, 0.15) is 200 Å². The number of aliphatic carboxylic acids is 1. The smallest absolute Gasteiger partial charge is 0.304 e. The number of carboxylic acids is 1. The minimum atomic E-state index is -1.08. The molecule has 0 aliphatic carbocycles. The molecule has 0 amide bonds. The number of aliphatic hydroxyl groups excluding tert-OH is 1. The molecule has 1 atom stereocenters. The van der Waals surface area contributed by atoms with Crippen LogP contribution in [-0.2, 0) is 4.79 Å². The van der Waals surface area contributed by atoms with E-state index in [0.29, 0.717) is 11.1 Å². The number of fused-ring (bicyclic) bond motifs is 1. The van der Waals surface area contributed by atoms with Gasteiger partial charge in [-0.2, -0.15) is 0 Å². The summed E-state index contributed by atoms with van der Waals surface area (Å²) in [7, 11) is 0. The van der Waals surface area contributed by atoms with E-state index in [4.69, 9.17) is 9.52 Å². The quantitative estimate of drug-likeness (QED) is 0.0435. The van der Waals surface area contributed by atoms with Crippen LogP contribution in [0, 0.1) is 0 Å². The molecule has 0 spiro atoms. The number of aromatic nitrogens is 1. The van der Waals surface area contributed by atoms with Gasteiger partial charge in [-0.1, -0.05) is 168 Å². The number of nitrogens with zero attached hydrogens (tertiary/aromatic N) is 1. The third-order valence-electron chi connectivity index (χ3n) is 9.11. The first-order chi connectivity index (χ1) is 24.9. The van der Waals surface area contributed by atoms with Gasteiger partial charge in [-0.3, -0.25) is 4.79 Å². The second kappa shape index (κ2) is 37.7. The Labute approximate surface area is 318 Å². The summed E-state index contributed by atoms with van der Waals surface area (Å²) in [5.41, 5.74) is 1.14. The molecular weight excluding hydrogens is 655 g/mol. The predicted molar refractivity (Wildman–Crippen MR) is 223 cm³/mol. The van der Waals surface area contributed by atoms with Crippen molar-refractivity contribution in [2.45, 2.75) is 194 Å². The number of carbonyl (C=O) groups is 1. The Balaban J connectivity index is 0.000000735. The highest BCUT2D eigenvalue weighted by molar-refractivity contribution is 7.80. The maximum absolute atomic E-state index is 10.7. The molecule has 2 rings (SSSR count). The summed E-state index contributed by atoms with van der Waals surface area (Å²) in [4.78, 5) is 14.8. The Morgan fingerprint density at radius 1 is 0.608 bits per heavy atom. The lowest BCUT2D eigenvalue weighted by Gasteiger charge is -2.06. The van der Waals surface area contributed by atoms with E-state index in [1.165, 1.54) is 180 Å². The second-order valence-electron chi connectivity index (χ2n) is 14.1. The molecule has 8 heteroatoms. The van der Waals surface area contributed by atoms with Gasteiger partial charge >= 0.3 is 5.97 Å². The van der Waals surface area contributed by atoms with Crippen LogP contribution in [0.3, 0.4) is 0 Å². The van der Waals surface area contributed by atoms with Crippen LogP contribution < -0.4 is 10.6 Å². The lowest BCUT2D eigenvalue weighted by atomic mass is 10.1. The number of unbranched alkanes of at least 4 members (excludes halogenated alkanes) is 20. The largest absolute Gasteiger partial charge is 0.501 e. The van der Waals surface area contributed by atoms with E-state index in [0.717, 1.165) is 0 Å². The Kier molecular flexibility index (Phi) is 36.2. The number of aliphatic hydroxyl groups is 1. The predicted octanol–water partition coefficient (Wildman–Crippen LogP) is 12.9. The summed E-state index contributed by atoms with van der Waals surface area (Å²) in [5.74, 6) is -1.84. The summed E-state index contributed by atoms with van der Waals surface area (Å²) >= 11 is 4.61. The first kappa shape index (κ1) is 49.0. The van der Waals surface area contributed by atoms with Crippen LogP contribution >= 0.6 is 12.2 Å². The fraction of sp³-hybridized carbons (Fsp3) is 0.791. The van der Waals surface area contributed by atoms with Crippen molar-refractivity contribution in [1.82, 2.24) is 15.6 Å². The number of carboxylic acid groups (broad SMARTS) is 1. The average Bonchev–Trinajstić information content (AvgIpc) is 3.56. The molecule has 0 aliphatic heterocycles. The summed E-state index contributed by atoms with van der Waals surface area (Å²) in [6.45, 7) is 14.1. The van der Waals surface area contributed by atoms with E-state index < -0.39 is 16.9 Å². The molecular formula is C43H79N3O4S. The summed E-state index contributed by atoms with van der Waals surface area (Å²) in [5, 5.41) is 24.7. The normalized spacial score (nSPS) is 11.5. The van der Waals surface area contributed by atoms with Gasteiger partial charge < -0.3 is 25.3 Å². The molecule has 2 aromatic rings. The highest BCUT2D eigenvalue weighted by Crippen LogP contribution is 2.24. The zero-order valence-corrected chi connectivity index (χ0v) is 34.3. The van der Waals surface area contributed by atoms with Gasteiger partial charge in [0.1, 0.15) is 11.4 Å². The summed E-state index contributed by atoms with van der Waals surface area (Å²) < 4.78 is 5.37. The van der Waals surface area contributed by atoms with Gasteiger partial charge in [-0.25, -0.2) is 4.98 Å². The van der Waals surface area contributed by atoms with E-state index in [2.05, 4.69) is 55.5 Å². The van der Waals surface area contributed by atoms with E-state index in [-0.39, 0.29) is 12.3 Å². The molecule has 4 N–H and O–H groups in total. The Hall–Kier alpha value is -2.03. The monoisotopic (exact) mass is 734 g/mol. The number of hydrogen-bond donors (Lipinski definition) is 4. The zero-order valence-electron chi connectivity index (χ0n) is 33.5. The zero-order chi connectivity index (χ0) is 37.6. The van der Waals surface area contributed by atoms with Gasteiger partial charge in [0.25, 0.3) is 0 Å². The molecule has 0 fully saturated rings. The average molecular weight is 734 g/mol. The van der Waals surface area contributed by atoms with Crippen molar-refractivity contribution in [3.8, 4) is 0 Å². The molecule has 51 heavy (non-hydrogen) atoms. The van der Waals surface area contributed by atoms with Crippen LogP contribution in [0.15, 0.2) is 28.7 Å². The lowest BCUT2D eigenvalue weighted by molar-refractivity contribution is -0.137. The van der Waals surface area contributed by atoms with Crippen molar-refractivity contribution >= 4 is 34.3 Å². The molecule has 1 aromatic carbocycles. The van der Waals surface area contributed by atoms with Crippen molar-refractivity contribution in [3.63, 3.8) is 0 Å². The molecule has 0 bridgehead atoms. The highest BCUT2D eigenvalue weighted by Gasteiger charge is 2.25. The number of nitrogens with one attached hydrogen (secondary N) is 2. The molecule has 0 radical (unpaired) electrons. The molecule has 1 unspecified atom stereocenters. The highest BCUT2D eigenvalue weighted by atomic mass is 32.1. The Bertz CT molecular complexity index is 956. The number of benzene rings is 1. The van der Waals surface area contributed by atoms with Crippen molar-refractivity contribution in [2.75, 3.05) is 26.2 Å². The third-order valence-corrected chi connectivity index (χ3v) is 9.40. The lowest BCUT2D eigenvalue weighted by Crippen LogP contribution is -2.16. The van der Waals surface area contributed by atoms with E-state index >= 15 is 0 Å². The third kappa shape index (κ3) is 31.2. The molecule has 0 aliphatic rings. The van der Waals surface area contributed by atoms with Crippen LogP contribution in [0.25, 0.3) is 11.1 Å². The van der Waals surface area contributed by atoms with Gasteiger partial charge in [0, 0.05) is 0 Å². The minimum Gasteiger partial charge on any atom is -0.501 e. The standard InChI is InChI=1S/2C16H35N.C11H9NO4S/c2*1-3-5-7-9-11-13-15-17-16-14-12-10-8-6-4-2;13-9(14)5-6(11(15)17)10-12-7-3-1-2-4-8(7)16-10/h2*17H,3-16H2,1-2H3;1-4,6H,5H2,(H,13,14)(H,15,17). The van der Waals surface area contributed by atoms with Gasteiger partial charge in [0.15, 0.2) is 10.6 Å². The number of thiocarbonyl (C=S) groups is 1. The first-order valence-electron chi connectivity index (χ1n) is 21.1. The minimum absolute atomic E-state index is 0.126. The van der Waals surface area contributed by atoms with Gasteiger partial charge in [0.05, 0.1) is 6.42 Å². The molecule has 7 nitrogen and oxygen atoms in total. The summed E-state index contributed by atoms with van der Waals surface area (Å²) in [6.07, 6.45) is 33.5. The van der Waals surface area contributed by atoms with E-state index in [1.807, 2.05) is 0 Å². The van der Waals surface area contributed by atoms with Crippen LogP contribution in [-0.4, -0.2) is 52.4 Å². The van der Waals surface area contributed by atoms with Gasteiger partial charge in [-0.05, 0) is 76.2 Å². The van der Waals surface area contributed by atoms with Crippen molar-refractivity contribution in [1.29, 1.82) is 0 Å². The summed E-state index contributed by atoms with van der Waals surface area (Å²) in [6, 6.07) is 7.02. The topological polar surface area (TPSA) is 108 Å². The Morgan fingerprint density at radius 2 is 0.961 bits per heavy atom. The van der Waals surface area contributed by atoms with Crippen molar-refractivity contribution in [2.24, 2.45) is 0 Å². The Morgan fingerprint density at radius 3 is 1.29 bits per heavy atom. The molecule has 0 saturated heterocycles. The van der Waals surface area contributed by atoms with E-state index in [1.54, 1.807) is 24.3 Å². The molecule has 296 valence electrons. The maximum Gasteiger partial charge on any atom is 0.304 e. The fourth-order valence-corrected chi connectivity index (χ4v) is 6.05. The van der Waals surface area contributed by atoms with Crippen LogP contribution in [0.2, 0.25) is 0 Å². The number of oxazole rings is 1. The van der Waals surface area contributed by atoms with E-state index in [9.17, 15) is 9.90 Å². The first-order valence-corrected chi connectivity index (χ1v) is 21.5. The molecule has 1 aromatic heterocycles. The number of para-hydroxylation sites is 2. The fourth-order valence-electron chi connectivity index (χ4n) is 5.87. The second-order valence-corrected chi connectivity index (χ2v) is 14.5. The number of hydrogen-bond acceptors (Lipinski definition) is 6. The van der Waals surface area contributed by atoms with Crippen molar-refractivity contribution in [3.05, 3.63) is 30.2 Å². The van der Waals surface area contributed by atoms with Crippen LogP contribution in [0.5, 0.6) is 0 Å². The van der Waals surface area contributed by atoms with Gasteiger partial charge in [-0.15, -0.1) is 0 Å². The molecule has 1 heterocycles. The molecule has 0 saturated carbocycles. The SMILES string of the molecule is CCCCCCCCNCCCCCCCC.CCCCCCCCNCCCCCCCC.O=C(O)CC(C(O)=S)c1nc2ccccc2o1. The number of rotatable bonds is 32. The van der Waals surface area contributed by atoms with Crippen LogP contribution in [0.4, 0.5) is 0 Å². The van der Waals surface area contributed by atoms with Crippen molar-refractivity contribution < 1.29 is 19.4 Å². The van der Waals surface area contributed by atoms with Gasteiger partial charge in [0.2, 0.25) is 5.89 Å². The maximum atomic E-state index is 10.7.